The van der Waals surface area contributed by atoms with Crippen LogP contribution in [-0.4, -0.2) is 5.11 Å². The quantitative estimate of drug-likeness (QED) is 0.837. The van der Waals surface area contributed by atoms with Crippen LogP contribution in [0.15, 0.2) is 41.8 Å². The van der Waals surface area contributed by atoms with Gasteiger partial charge in [-0.3, -0.25) is 0 Å². The molecular formula is C12H9NOS. The van der Waals surface area contributed by atoms with Crippen LogP contribution < -0.4 is 0 Å². The highest BCUT2D eigenvalue weighted by atomic mass is 32.1. The summed E-state index contributed by atoms with van der Waals surface area (Å²) in [5.41, 5.74) is 1.42. The molecule has 0 fully saturated rings. The first kappa shape index (κ1) is 9.91. The Hall–Kier alpha value is -1.63. The number of aliphatic hydroxyl groups excluding tert-OH is 1. The lowest BCUT2D eigenvalue weighted by Crippen LogP contribution is -1.96. The maximum atomic E-state index is 9.97. The Morgan fingerprint density at radius 3 is 2.47 bits per heavy atom. The number of nitriles is 1. The van der Waals surface area contributed by atoms with Crippen LogP contribution in [-0.2, 0) is 0 Å². The molecule has 1 unspecified atom stereocenters. The van der Waals surface area contributed by atoms with Gasteiger partial charge >= 0.3 is 0 Å². The van der Waals surface area contributed by atoms with Crippen molar-refractivity contribution in [3.63, 3.8) is 0 Å². The molecule has 3 heteroatoms. The Morgan fingerprint density at radius 1 is 1.20 bits per heavy atom. The smallest absolute Gasteiger partial charge is 0.113 e. The zero-order chi connectivity index (χ0) is 10.7. The summed E-state index contributed by atoms with van der Waals surface area (Å²) >= 11 is 1.52. The minimum atomic E-state index is -0.585. The SMILES string of the molecule is N#Cc1ccc(C(O)c2cccs2)cc1. The summed E-state index contributed by atoms with van der Waals surface area (Å²) < 4.78 is 0. The number of thiophene rings is 1. The molecule has 0 amide bonds. The van der Waals surface area contributed by atoms with E-state index < -0.39 is 6.10 Å². The Kier molecular flexibility index (Phi) is 2.82. The normalized spacial score (nSPS) is 12.0. The Morgan fingerprint density at radius 2 is 1.93 bits per heavy atom. The number of nitrogens with zero attached hydrogens (tertiary/aromatic N) is 1. The van der Waals surface area contributed by atoms with E-state index >= 15 is 0 Å². The fraction of sp³-hybridized carbons (Fsp3) is 0.0833. The molecule has 1 aromatic carbocycles. The molecule has 1 heterocycles. The average molecular weight is 215 g/mol. The van der Waals surface area contributed by atoms with Crippen LogP contribution in [0.3, 0.4) is 0 Å². The van der Waals surface area contributed by atoms with Crippen LogP contribution >= 0.6 is 11.3 Å². The third-order valence-corrected chi connectivity index (χ3v) is 3.09. The fourth-order valence-corrected chi connectivity index (χ4v) is 2.09. The van der Waals surface area contributed by atoms with Gasteiger partial charge in [0.1, 0.15) is 6.10 Å². The third kappa shape index (κ3) is 2.07. The molecule has 0 bridgehead atoms. The van der Waals surface area contributed by atoms with E-state index in [-0.39, 0.29) is 0 Å². The summed E-state index contributed by atoms with van der Waals surface area (Å²) in [6.45, 7) is 0. The maximum absolute atomic E-state index is 9.97. The molecule has 2 rings (SSSR count). The number of aliphatic hydroxyl groups is 1. The molecule has 0 aliphatic rings. The number of benzene rings is 1. The summed E-state index contributed by atoms with van der Waals surface area (Å²) in [4.78, 5) is 0.916. The highest BCUT2D eigenvalue weighted by molar-refractivity contribution is 7.10. The van der Waals surface area contributed by atoms with Gasteiger partial charge in [-0.15, -0.1) is 11.3 Å². The molecular weight excluding hydrogens is 206 g/mol. The van der Waals surface area contributed by atoms with Crippen LogP contribution in [0.1, 0.15) is 22.1 Å². The van der Waals surface area contributed by atoms with Crippen LogP contribution in [0.2, 0.25) is 0 Å². The van der Waals surface area contributed by atoms with E-state index in [2.05, 4.69) is 0 Å². The second-order valence-electron chi connectivity index (χ2n) is 3.15. The average Bonchev–Trinajstić information content (AvgIpc) is 2.82. The van der Waals surface area contributed by atoms with E-state index in [0.29, 0.717) is 5.56 Å². The second-order valence-corrected chi connectivity index (χ2v) is 4.13. The van der Waals surface area contributed by atoms with E-state index in [9.17, 15) is 5.11 Å². The van der Waals surface area contributed by atoms with E-state index in [4.69, 9.17) is 5.26 Å². The monoisotopic (exact) mass is 215 g/mol. The lowest BCUT2D eigenvalue weighted by molar-refractivity contribution is 0.224. The number of hydrogen-bond donors (Lipinski definition) is 1. The molecule has 1 aromatic heterocycles. The van der Waals surface area contributed by atoms with Gasteiger partial charge in [-0.1, -0.05) is 18.2 Å². The van der Waals surface area contributed by atoms with Gasteiger partial charge in [-0.05, 0) is 29.1 Å². The summed E-state index contributed by atoms with van der Waals surface area (Å²) in [5, 5.41) is 20.5. The van der Waals surface area contributed by atoms with Gasteiger partial charge in [0.05, 0.1) is 11.6 Å². The molecule has 1 atom stereocenters. The third-order valence-electron chi connectivity index (χ3n) is 2.17. The minimum absolute atomic E-state index is 0.585. The standard InChI is InChI=1S/C12H9NOS/c13-8-9-3-5-10(6-4-9)12(14)11-2-1-7-15-11/h1-7,12,14H. The summed E-state index contributed by atoms with van der Waals surface area (Å²) in [7, 11) is 0. The Bertz CT molecular complexity index is 467. The Balaban J connectivity index is 2.27. The van der Waals surface area contributed by atoms with Crippen molar-refractivity contribution in [2.75, 3.05) is 0 Å². The van der Waals surface area contributed by atoms with Gasteiger partial charge in [0, 0.05) is 4.88 Å². The highest BCUT2D eigenvalue weighted by Crippen LogP contribution is 2.25. The first-order chi connectivity index (χ1) is 7.31. The molecule has 0 aliphatic carbocycles. The minimum Gasteiger partial charge on any atom is -0.383 e. The van der Waals surface area contributed by atoms with E-state index in [1.54, 1.807) is 24.3 Å². The molecule has 0 aliphatic heterocycles. The van der Waals surface area contributed by atoms with Gasteiger partial charge in [0.15, 0.2) is 0 Å². The molecule has 0 spiro atoms. The van der Waals surface area contributed by atoms with Crippen LogP contribution in [0.4, 0.5) is 0 Å². The summed E-state index contributed by atoms with van der Waals surface area (Å²) in [5.74, 6) is 0. The second kappa shape index (κ2) is 4.26. The van der Waals surface area contributed by atoms with Crippen molar-refractivity contribution >= 4 is 11.3 Å². The van der Waals surface area contributed by atoms with Crippen molar-refractivity contribution in [3.8, 4) is 6.07 Å². The molecule has 2 aromatic rings. The van der Waals surface area contributed by atoms with Crippen molar-refractivity contribution in [1.82, 2.24) is 0 Å². The molecule has 0 saturated heterocycles. The van der Waals surface area contributed by atoms with Crippen molar-refractivity contribution in [2.45, 2.75) is 6.10 Å². The van der Waals surface area contributed by atoms with E-state index in [0.717, 1.165) is 10.4 Å². The summed E-state index contributed by atoms with van der Waals surface area (Å²) in [6.07, 6.45) is -0.585. The van der Waals surface area contributed by atoms with Crippen LogP contribution in [0, 0.1) is 11.3 Å². The molecule has 0 saturated carbocycles. The molecule has 15 heavy (non-hydrogen) atoms. The highest BCUT2D eigenvalue weighted by Gasteiger charge is 2.10. The molecule has 1 N–H and O–H groups in total. The zero-order valence-corrected chi connectivity index (χ0v) is 8.74. The van der Waals surface area contributed by atoms with Gasteiger partial charge < -0.3 is 5.11 Å². The molecule has 0 radical (unpaired) electrons. The number of hydrogen-bond acceptors (Lipinski definition) is 3. The lowest BCUT2D eigenvalue weighted by Gasteiger charge is -2.08. The fourth-order valence-electron chi connectivity index (χ4n) is 1.35. The zero-order valence-electron chi connectivity index (χ0n) is 7.92. The predicted octanol–water partition coefficient (Wildman–Crippen LogP) is 2.70. The molecule has 2 nitrogen and oxygen atoms in total. The lowest BCUT2D eigenvalue weighted by atomic mass is 10.1. The van der Waals surface area contributed by atoms with Gasteiger partial charge in [-0.25, -0.2) is 0 Å². The largest absolute Gasteiger partial charge is 0.383 e. The number of rotatable bonds is 2. The van der Waals surface area contributed by atoms with Crippen molar-refractivity contribution in [3.05, 3.63) is 57.8 Å². The Labute approximate surface area is 92.0 Å². The topological polar surface area (TPSA) is 44.0 Å². The first-order valence-electron chi connectivity index (χ1n) is 4.53. The van der Waals surface area contributed by atoms with Crippen molar-refractivity contribution in [2.24, 2.45) is 0 Å². The van der Waals surface area contributed by atoms with Crippen LogP contribution in [0.25, 0.3) is 0 Å². The van der Waals surface area contributed by atoms with E-state index in [1.165, 1.54) is 11.3 Å². The van der Waals surface area contributed by atoms with Crippen molar-refractivity contribution in [1.29, 1.82) is 5.26 Å². The summed E-state index contributed by atoms with van der Waals surface area (Å²) in [6, 6.07) is 12.8. The van der Waals surface area contributed by atoms with Crippen LogP contribution in [0.5, 0.6) is 0 Å². The molecule has 74 valence electrons. The van der Waals surface area contributed by atoms with Gasteiger partial charge in [-0.2, -0.15) is 5.26 Å². The van der Waals surface area contributed by atoms with Gasteiger partial charge in [0.25, 0.3) is 0 Å². The van der Waals surface area contributed by atoms with Gasteiger partial charge in [0.2, 0.25) is 0 Å². The first-order valence-corrected chi connectivity index (χ1v) is 5.41. The predicted molar refractivity (Wildman–Crippen MR) is 59.5 cm³/mol. The van der Waals surface area contributed by atoms with E-state index in [1.807, 2.05) is 23.6 Å². The maximum Gasteiger partial charge on any atom is 0.113 e. The van der Waals surface area contributed by atoms with Crippen molar-refractivity contribution < 1.29 is 5.11 Å².